The van der Waals surface area contributed by atoms with E-state index in [4.69, 9.17) is 0 Å². The van der Waals surface area contributed by atoms with Gasteiger partial charge in [0.25, 0.3) is 0 Å². The van der Waals surface area contributed by atoms with Gasteiger partial charge in [-0.25, -0.2) is 4.98 Å². The van der Waals surface area contributed by atoms with Crippen LogP contribution in [0.5, 0.6) is 5.75 Å². The molecule has 114 valence electrons. The number of hydrogen-bond donors (Lipinski definition) is 1. The van der Waals surface area contributed by atoms with Gasteiger partial charge in [0, 0.05) is 18.4 Å². The van der Waals surface area contributed by atoms with Crippen molar-refractivity contribution in [1.29, 1.82) is 0 Å². The summed E-state index contributed by atoms with van der Waals surface area (Å²) in [4.78, 5) is 4.43. The maximum Gasteiger partial charge on any atom is 0.387 e. The Labute approximate surface area is 122 Å². The third kappa shape index (κ3) is 4.44. The number of alkyl halides is 2. The van der Waals surface area contributed by atoms with Gasteiger partial charge >= 0.3 is 6.61 Å². The molecule has 1 heterocycles. The van der Waals surface area contributed by atoms with E-state index in [0.717, 1.165) is 23.9 Å². The van der Waals surface area contributed by atoms with Crippen molar-refractivity contribution in [1.82, 2.24) is 9.55 Å². The van der Waals surface area contributed by atoms with Crippen LogP contribution in [0.4, 0.5) is 20.4 Å². The molecule has 2 rings (SSSR count). The molecule has 0 radical (unpaired) electrons. The summed E-state index contributed by atoms with van der Waals surface area (Å²) in [5.41, 5.74) is 1.70. The molecule has 0 unspecified atom stereocenters. The molecular weight excluding hydrogens is 276 g/mol. The maximum absolute atomic E-state index is 12.1. The smallest absolute Gasteiger partial charge is 0.387 e. The number of ether oxygens (including phenoxy) is 1. The number of benzene rings is 1. The zero-order valence-electron chi connectivity index (χ0n) is 12.3. The molecule has 1 N–H and O–H groups in total. The highest BCUT2D eigenvalue weighted by Gasteiger charge is 2.08. The summed E-state index contributed by atoms with van der Waals surface area (Å²) in [6, 6.07) is 6.36. The monoisotopic (exact) mass is 295 g/mol. The fourth-order valence-electron chi connectivity index (χ4n) is 2.03. The summed E-state index contributed by atoms with van der Waals surface area (Å²) < 4.78 is 30.6. The average molecular weight is 295 g/mol. The van der Waals surface area contributed by atoms with Crippen molar-refractivity contribution in [3.63, 3.8) is 0 Å². The van der Waals surface area contributed by atoms with Crippen LogP contribution in [0.15, 0.2) is 30.5 Å². The number of nitrogens with zero attached hydrogens (tertiary/aromatic N) is 2. The third-order valence-corrected chi connectivity index (χ3v) is 2.79. The summed E-state index contributed by atoms with van der Waals surface area (Å²) in [6.45, 7) is 4.25. The van der Waals surface area contributed by atoms with Gasteiger partial charge in [0.15, 0.2) is 0 Å². The molecule has 0 bridgehead atoms. The van der Waals surface area contributed by atoms with Gasteiger partial charge in [-0.3, -0.25) is 0 Å². The Bertz CT molecular complexity index is 579. The van der Waals surface area contributed by atoms with Gasteiger partial charge in [0.2, 0.25) is 5.95 Å². The van der Waals surface area contributed by atoms with E-state index in [9.17, 15) is 8.78 Å². The van der Waals surface area contributed by atoms with Crippen LogP contribution in [0, 0.1) is 12.8 Å². The largest absolute Gasteiger partial charge is 0.435 e. The van der Waals surface area contributed by atoms with Crippen molar-refractivity contribution < 1.29 is 13.5 Å². The van der Waals surface area contributed by atoms with Crippen LogP contribution in [0.3, 0.4) is 0 Å². The third-order valence-electron chi connectivity index (χ3n) is 2.79. The second-order valence-electron chi connectivity index (χ2n) is 5.28. The molecule has 0 aliphatic heterocycles. The minimum atomic E-state index is -2.81. The number of rotatable bonds is 6. The minimum Gasteiger partial charge on any atom is -0.435 e. The molecule has 21 heavy (non-hydrogen) atoms. The SMILES string of the molecule is Cc1cn(CC(C)C)c(Nc2ccc(OC(F)F)cc2)n1. The second-order valence-corrected chi connectivity index (χ2v) is 5.28. The normalized spacial score (nSPS) is 11.2. The van der Waals surface area contributed by atoms with Gasteiger partial charge in [-0.2, -0.15) is 8.78 Å². The summed E-state index contributed by atoms with van der Waals surface area (Å²) >= 11 is 0. The summed E-state index contributed by atoms with van der Waals surface area (Å²) in [5, 5.41) is 3.19. The number of aryl methyl sites for hydroxylation is 1. The first-order chi connectivity index (χ1) is 9.94. The second kappa shape index (κ2) is 6.56. The van der Waals surface area contributed by atoms with Crippen molar-refractivity contribution in [2.24, 2.45) is 5.92 Å². The van der Waals surface area contributed by atoms with Crippen LogP contribution < -0.4 is 10.1 Å². The molecule has 0 aliphatic carbocycles. The van der Waals surface area contributed by atoms with Gasteiger partial charge in [0.1, 0.15) is 5.75 Å². The molecule has 0 atom stereocenters. The predicted octanol–water partition coefficient (Wildman–Crippen LogP) is 4.19. The first-order valence-electron chi connectivity index (χ1n) is 6.79. The van der Waals surface area contributed by atoms with Crippen molar-refractivity contribution in [3.05, 3.63) is 36.2 Å². The Morgan fingerprint density at radius 2 is 1.90 bits per heavy atom. The topological polar surface area (TPSA) is 39.1 Å². The van der Waals surface area contributed by atoms with Crippen molar-refractivity contribution >= 4 is 11.6 Å². The van der Waals surface area contributed by atoms with E-state index in [1.165, 1.54) is 12.1 Å². The molecule has 0 saturated heterocycles. The zero-order chi connectivity index (χ0) is 15.4. The van der Waals surface area contributed by atoms with Gasteiger partial charge < -0.3 is 14.6 Å². The van der Waals surface area contributed by atoms with Gasteiger partial charge in [-0.15, -0.1) is 0 Å². The van der Waals surface area contributed by atoms with Gasteiger partial charge in [-0.1, -0.05) is 13.8 Å². The number of hydrogen-bond acceptors (Lipinski definition) is 3. The van der Waals surface area contributed by atoms with E-state index in [1.54, 1.807) is 12.1 Å². The first-order valence-corrected chi connectivity index (χ1v) is 6.79. The van der Waals surface area contributed by atoms with Crippen LogP contribution in [0.25, 0.3) is 0 Å². The fraction of sp³-hybridized carbons (Fsp3) is 0.400. The number of aromatic nitrogens is 2. The molecule has 1 aromatic heterocycles. The number of halogens is 2. The molecule has 0 saturated carbocycles. The predicted molar refractivity (Wildman–Crippen MR) is 78.2 cm³/mol. The average Bonchev–Trinajstić information content (AvgIpc) is 2.70. The molecule has 0 spiro atoms. The van der Waals surface area contributed by atoms with Gasteiger partial charge in [0.05, 0.1) is 5.69 Å². The molecule has 2 aromatic rings. The lowest BCUT2D eigenvalue weighted by molar-refractivity contribution is -0.0498. The van der Waals surface area contributed by atoms with E-state index in [0.29, 0.717) is 5.92 Å². The Morgan fingerprint density at radius 1 is 1.24 bits per heavy atom. The van der Waals surface area contributed by atoms with Crippen LogP contribution in [0.2, 0.25) is 0 Å². The van der Waals surface area contributed by atoms with E-state index < -0.39 is 6.61 Å². The quantitative estimate of drug-likeness (QED) is 0.868. The van der Waals surface area contributed by atoms with Crippen molar-refractivity contribution in [3.8, 4) is 5.75 Å². The highest BCUT2D eigenvalue weighted by atomic mass is 19.3. The maximum atomic E-state index is 12.1. The highest BCUT2D eigenvalue weighted by Crippen LogP contribution is 2.21. The molecule has 0 amide bonds. The van der Waals surface area contributed by atoms with Crippen LogP contribution >= 0.6 is 0 Å². The van der Waals surface area contributed by atoms with Crippen LogP contribution in [-0.2, 0) is 6.54 Å². The number of imidazole rings is 1. The molecule has 4 nitrogen and oxygen atoms in total. The Hall–Kier alpha value is -2.11. The summed E-state index contributed by atoms with van der Waals surface area (Å²) in [7, 11) is 0. The Morgan fingerprint density at radius 3 is 2.48 bits per heavy atom. The van der Waals surface area contributed by atoms with Crippen molar-refractivity contribution in [2.45, 2.75) is 33.9 Å². The molecule has 1 aromatic carbocycles. The van der Waals surface area contributed by atoms with E-state index in [1.807, 2.05) is 17.7 Å². The van der Waals surface area contributed by atoms with Crippen LogP contribution in [-0.4, -0.2) is 16.2 Å². The first kappa shape index (κ1) is 15.3. The highest BCUT2D eigenvalue weighted by molar-refractivity contribution is 5.55. The summed E-state index contributed by atoms with van der Waals surface area (Å²) in [6.07, 6.45) is 1.98. The van der Waals surface area contributed by atoms with Gasteiger partial charge in [-0.05, 0) is 37.1 Å². The van der Waals surface area contributed by atoms with Crippen LogP contribution in [0.1, 0.15) is 19.5 Å². The number of nitrogens with one attached hydrogen (secondary N) is 1. The molecule has 0 aliphatic rings. The standard InChI is InChI=1S/C15H19F2N3O/c1-10(2)8-20-9-11(3)18-15(20)19-12-4-6-13(7-5-12)21-14(16)17/h4-7,9-10,14H,8H2,1-3H3,(H,18,19). The molecular formula is C15H19F2N3O. The lowest BCUT2D eigenvalue weighted by atomic mass is 10.2. The lowest BCUT2D eigenvalue weighted by Gasteiger charge is -2.12. The molecule has 0 fully saturated rings. The van der Waals surface area contributed by atoms with E-state index in [2.05, 4.69) is 28.9 Å². The molecule has 6 heteroatoms. The fourth-order valence-corrected chi connectivity index (χ4v) is 2.03. The zero-order valence-corrected chi connectivity index (χ0v) is 12.3. The number of anilines is 2. The Balaban J connectivity index is 2.11. The van der Waals surface area contributed by atoms with E-state index >= 15 is 0 Å². The Kier molecular flexibility index (Phi) is 4.77. The van der Waals surface area contributed by atoms with E-state index in [-0.39, 0.29) is 5.75 Å². The lowest BCUT2D eigenvalue weighted by Crippen LogP contribution is -2.07. The van der Waals surface area contributed by atoms with Crippen molar-refractivity contribution in [2.75, 3.05) is 5.32 Å². The summed E-state index contributed by atoms with van der Waals surface area (Å²) in [5.74, 6) is 1.38. The minimum absolute atomic E-state index is 0.136.